The minimum Gasteiger partial charge on any atom is -0.356 e. The van der Waals surface area contributed by atoms with Gasteiger partial charge in [0.15, 0.2) is 5.96 Å². The lowest BCUT2D eigenvalue weighted by Crippen LogP contribution is -2.40. The Morgan fingerprint density at radius 2 is 1.89 bits per heavy atom. The second kappa shape index (κ2) is 10.6. The molecule has 2 aliphatic rings. The summed E-state index contributed by atoms with van der Waals surface area (Å²) in [6.45, 7) is 2.75. The van der Waals surface area contributed by atoms with Gasteiger partial charge in [-0.1, -0.05) is 25.0 Å². The first-order valence-corrected chi connectivity index (χ1v) is 11.1. The van der Waals surface area contributed by atoms with Crippen LogP contribution in [-0.4, -0.2) is 45.4 Å². The van der Waals surface area contributed by atoms with Crippen molar-refractivity contribution in [3.8, 4) is 0 Å². The fraction of sp³-hybridized carbons (Fsp3) is 0.632. The molecule has 1 aliphatic heterocycles. The molecule has 1 aliphatic carbocycles. The van der Waals surface area contributed by atoms with Crippen LogP contribution in [0.2, 0.25) is 0 Å². The number of sulfonamides is 1. The van der Waals surface area contributed by atoms with E-state index in [1.54, 1.807) is 23.5 Å². The zero-order valence-corrected chi connectivity index (χ0v) is 19.1. The molecule has 1 saturated carbocycles. The van der Waals surface area contributed by atoms with Gasteiger partial charge in [0.05, 0.1) is 4.90 Å². The summed E-state index contributed by atoms with van der Waals surface area (Å²) >= 11 is 0. The summed E-state index contributed by atoms with van der Waals surface area (Å²) in [5, 5.41) is 6.63. The molecular weight excluding hydrogens is 475 g/mol. The van der Waals surface area contributed by atoms with Gasteiger partial charge in [0.1, 0.15) is 0 Å². The highest BCUT2D eigenvalue weighted by Crippen LogP contribution is 2.25. The van der Waals surface area contributed by atoms with Crippen molar-refractivity contribution in [1.29, 1.82) is 0 Å². The van der Waals surface area contributed by atoms with E-state index in [0.29, 0.717) is 24.5 Å². The Hall–Kier alpha value is -0.870. The summed E-state index contributed by atoms with van der Waals surface area (Å²) < 4.78 is 27.3. The summed E-state index contributed by atoms with van der Waals surface area (Å²) in [6.07, 6.45) is 6.92. The predicted octanol–water partition coefficient (Wildman–Crippen LogP) is 2.94. The highest BCUT2D eigenvalue weighted by Gasteiger charge is 2.26. The molecule has 27 heavy (non-hydrogen) atoms. The van der Waals surface area contributed by atoms with Crippen LogP contribution in [0.4, 0.5) is 0 Å². The molecule has 0 unspecified atom stereocenters. The van der Waals surface area contributed by atoms with Crippen molar-refractivity contribution in [2.45, 2.75) is 50.0 Å². The lowest BCUT2D eigenvalue weighted by Gasteiger charge is -2.26. The van der Waals surface area contributed by atoms with E-state index in [0.717, 1.165) is 43.2 Å². The van der Waals surface area contributed by atoms with E-state index in [4.69, 9.17) is 0 Å². The number of nitrogens with zero attached hydrogens (tertiary/aromatic N) is 2. The zero-order valence-electron chi connectivity index (χ0n) is 16.0. The molecule has 3 rings (SSSR count). The minimum atomic E-state index is -3.39. The summed E-state index contributed by atoms with van der Waals surface area (Å²) in [5.41, 5.74) is 0.940. The quantitative estimate of drug-likeness (QED) is 0.354. The van der Waals surface area contributed by atoms with Crippen LogP contribution in [0.25, 0.3) is 0 Å². The van der Waals surface area contributed by atoms with E-state index in [9.17, 15) is 8.42 Å². The van der Waals surface area contributed by atoms with Crippen molar-refractivity contribution in [3.05, 3.63) is 29.8 Å². The SMILES string of the molecule is CN=C(NCc1cccc(S(=O)(=O)N2CCCCC2)c1)NCC1CCC1.I. The van der Waals surface area contributed by atoms with E-state index >= 15 is 0 Å². The highest BCUT2D eigenvalue weighted by atomic mass is 127. The molecule has 0 spiro atoms. The fourth-order valence-electron chi connectivity index (χ4n) is 3.41. The standard InChI is InChI=1S/C19H30N4O2S.HI/c1-20-19(21-14-16-7-5-8-16)22-15-17-9-6-10-18(13-17)26(24,25)23-11-3-2-4-12-23;/h6,9-10,13,16H,2-5,7-8,11-12,14-15H2,1H3,(H2,20,21,22);1H. The van der Waals surface area contributed by atoms with E-state index in [1.165, 1.54) is 19.3 Å². The van der Waals surface area contributed by atoms with Crippen LogP contribution in [0.5, 0.6) is 0 Å². The normalized spacial score (nSPS) is 19.1. The van der Waals surface area contributed by atoms with Crippen molar-refractivity contribution in [1.82, 2.24) is 14.9 Å². The molecule has 2 N–H and O–H groups in total. The minimum absolute atomic E-state index is 0. The van der Waals surface area contributed by atoms with Crippen LogP contribution < -0.4 is 10.6 Å². The summed E-state index contributed by atoms with van der Waals surface area (Å²) in [7, 11) is -1.63. The molecule has 8 heteroatoms. The monoisotopic (exact) mass is 506 g/mol. The van der Waals surface area contributed by atoms with Crippen LogP contribution in [0, 0.1) is 5.92 Å². The maximum atomic E-state index is 12.8. The molecule has 0 aromatic heterocycles. The number of hydrogen-bond acceptors (Lipinski definition) is 3. The van der Waals surface area contributed by atoms with Crippen molar-refractivity contribution in [3.63, 3.8) is 0 Å². The van der Waals surface area contributed by atoms with E-state index in [-0.39, 0.29) is 24.0 Å². The third-order valence-electron chi connectivity index (χ3n) is 5.32. The molecule has 0 bridgehead atoms. The number of aliphatic imine (C=N–C) groups is 1. The van der Waals surface area contributed by atoms with Crippen molar-refractivity contribution in [2.75, 3.05) is 26.7 Å². The molecule has 6 nitrogen and oxygen atoms in total. The Morgan fingerprint density at radius 1 is 1.15 bits per heavy atom. The number of nitrogens with one attached hydrogen (secondary N) is 2. The third-order valence-corrected chi connectivity index (χ3v) is 7.21. The zero-order chi connectivity index (χ0) is 18.4. The first-order valence-electron chi connectivity index (χ1n) is 9.63. The molecule has 0 atom stereocenters. The molecule has 1 aromatic rings. The Kier molecular flexibility index (Phi) is 8.81. The van der Waals surface area contributed by atoms with Gasteiger partial charge in [-0.2, -0.15) is 4.31 Å². The maximum Gasteiger partial charge on any atom is 0.243 e. The van der Waals surface area contributed by atoms with Gasteiger partial charge in [-0.05, 0) is 49.3 Å². The fourth-order valence-corrected chi connectivity index (χ4v) is 5.00. The van der Waals surface area contributed by atoms with Gasteiger partial charge in [-0.3, -0.25) is 4.99 Å². The van der Waals surface area contributed by atoms with Crippen LogP contribution in [0.15, 0.2) is 34.2 Å². The van der Waals surface area contributed by atoms with Crippen molar-refractivity contribution < 1.29 is 8.42 Å². The topological polar surface area (TPSA) is 73.8 Å². The van der Waals surface area contributed by atoms with Crippen LogP contribution in [0.3, 0.4) is 0 Å². The molecule has 152 valence electrons. The van der Waals surface area contributed by atoms with Gasteiger partial charge < -0.3 is 10.6 Å². The number of benzene rings is 1. The lowest BCUT2D eigenvalue weighted by molar-refractivity contribution is 0.314. The van der Waals surface area contributed by atoms with Gasteiger partial charge in [-0.15, -0.1) is 24.0 Å². The molecular formula is C19H31IN4O2S. The summed E-state index contributed by atoms with van der Waals surface area (Å²) in [5.74, 6) is 1.52. The van der Waals surface area contributed by atoms with E-state index in [2.05, 4.69) is 15.6 Å². The van der Waals surface area contributed by atoms with Gasteiger partial charge in [0.25, 0.3) is 0 Å². The number of hydrogen-bond donors (Lipinski definition) is 2. The third kappa shape index (κ3) is 6.05. The lowest BCUT2D eigenvalue weighted by atomic mass is 9.85. The summed E-state index contributed by atoms with van der Waals surface area (Å²) in [4.78, 5) is 4.63. The van der Waals surface area contributed by atoms with Gasteiger partial charge in [0.2, 0.25) is 10.0 Å². The smallest absolute Gasteiger partial charge is 0.243 e. The second-order valence-electron chi connectivity index (χ2n) is 7.22. The molecule has 2 fully saturated rings. The number of halogens is 1. The van der Waals surface area contributed by atoms with Gasteiger partial charge >= 0.3 is 0 Å². The second-order valence-corrected chi connectivity index (χ2v) is 9.15. The predicted molar refractivity (Wildman–Crippen MR) is 120 cm³/mol. The molecule has 1 heterocycles. The van der Waals surface area contributed by atoms with Crippen molar-refractivity contribution in [2.24, 2.45) is 10.9 Å². The molecule has 1 aromatic carbocycles. The first kappa shape index (κ1) is 22.4. The number of rotatable bonds is 6. The Balaban J connectivity index is 0.00000261. The van der Waals surface area contributed by atoms with E-state index < -0.39 is 10.0 Å². The maximum absolute atomic E-state index is 12.8. The molecule has 1 saturated heterocycles. The Bertz CT molecular complexity index is 729. The van der Waals surface area contributed by atoms with Crippen LogP contribution in [0.1, 0.15) is 44.1 Å². The van der Waals surface area contributed by atoms with Gasteiger partial charge in [-0.25, -0.2) is 8.42 Å². The van der Waals surface area contributed by atoms with Crippen LogP contribution in [-0.2, 0) is 16.6 Å². The number of piperidine rings is 1. The first-order chi connectivity index (χ1) is 12.6. The Morgan fingerprint density at radius 3 is 2.52 bits per heavy atom. The van der Waals surface area contributed by atoms with Crippen molar-refractivity contribution >= 4 is 40.0 Å². The molecule has 0 radical (unpaired) electrons. The highest BCUT2D eigenvalue weighted by molar-refractivity contribution is 14.0. The van der Waals surface area contributed by atoms with E-state index in [1.807, 2.05) is 12.1 Å². The average molecular weight is 506 g/mol. The summed E-state index contributed by atoms with van der Waals surface area (Å²) in [6, 6.07) is 7.23. The molecule has 0 amide bonds. The average Bonchev–Trinajstić information content (AvgIpc) is 2.64. The van der Waals surface area contributed by atoms with Crippen LogP contribution >= 0.6 is 24.0 Å². The largest absolute Gasteiger partial charge is 0.356 e. The Labute approximate surface area is 180 Å². The van der Waals surface area contributed by atoms with Gasteiger partial charge in [0, 0.05) is 33.2 Å². The number of guanidine groups is 1.